The van der Waals surface area contributed by atoms with E-state index in [1.54, 1.807) is 5.57 Å². The first kappa shape index (κ1) is 16.0. The molecule has 1 heterocycles. The first-order chi connectivity index (χ1) is 9.34. The normalized spacial score (nSPS) is 30.4. The average molecular weight is 278 g/mol. The lowest BCUT2D eigenvalue weighted by Gasteiger charge is -2.41. The van der Waals surface area contributed by atoms with Gasteiger partial charge >= 0.3 is 0 Å². The lowest BCUT2D eigenvalue weighted by molar-refractivity contribution is 0.0951. The third-order valence-corrected chi connectivity index (χ3v) is 5.02. The molecule has 2 aliphatic rings. The topological polar surface area (TPSA) is 15.3 Å². The summed E-state index contributed by atoms with van der Waals surface area (Å²) >= 11 is 0. The van der Waals surface area contributed by atoms with Crippen molar-refractivity contribution in [3.63, 3.8) is 0 Å². The minimum atomic E-state index is 0.339. The number of allylic oxidation sites excluding steroid dienone is 2. The predicted molar refractivity (Wildman–Crippen MR) is 88.0 cm³/mol. The maximum absolute atomic E-state index is 3.85. The van der Waals surface area contributed by atoms with Crippen molar-refractivity contribution < 1.29 is 0 Å². The molecular formula is C18H34N2. The Balaban J connectivity index is 1.70. The molecule has 0 saturated carbocycles. The second kappa shape index (κ2) is 6.62. The molecule has 0 radical (unpaired) electrons. The average Bonchev–Trinajstić information content (AvgIpc) is 2.35. The molecule has 0 aromatic carbocycles. The molecule has 2 rings (SSSR count). The van der Waals surface area contributed by atoms with E-state index in [2.05, 4.69) is 50.9 Å². The first-order valence-corrected chi connectivity index (χ1v) is 8.50. The van der Waals surface area contributed by atoms with E-state index in [9.17, 15) is 0 Å². The number of piperidine rings is 1. The Hall–Kier alpha value is -0.340. The SMILES string of the molecule is CC1=CC(C)CC(CNC2CCN(C(C)(C)C)CC2)C1. The molecule has 116 valence electrons. The zero-order valence-corrected chi connectivity index (χ0v) is 14.2. The highest BCUT2D eigenvalue weighted by Crippen LogP contribution is 2.27. The van der Waals surface area contributed by atoms with Gasteiger partial charge in [0.1, 0.15) is 0 Å². The minimum Gasteiger partial charge on any atom is -0.314 e. The molecule has 2 nitrogen and oxygen atoms in total. The van der Waals surface area contributed by atoms with Gasteiger partial charge in [0, 0.05) is 24.7 Å². The number of hydrogen-bond donors (Lipinski definition) is 1. The van der Waals surface area contributed by atoms with Crippen molar-refractivity contribution in [2.45, 2.75) is 71.9 Å². The van der Waals surface area contributed by atoms with Crippen molar-refractivity contribution in [2.24, 2.45) is 11.8 Å². The zero-order chi connectivity index (χ0) is 14.8. The van der Waals surface area contributed by atoms with E-state index in [1.165, 1.54) is 45.3 Å². The van der Waals surface area contributed by atoms with Crippen molar-refractivity contribution in [2.75, 3.05) is 19.6 Å². The van der Waals surface area contributed by atoms with E-state index in [0.29, 0.717) is 5.54 Å². The van der Waals surface area contributed by atoms with Crippen LogP contribution in [0.25, 0.3) is 0 Å². The van der Waals surface area contributed by atoms with Crippen LogP contribution in [0.2, 0.25) is 0 Å². The molecule has 1 fully saturated rings. The number of hydrogen-bond acceptors (Lipinski definition) is 2. The standard InChI is InChI=1S/C18H34N2/c1-14-10-15(2)12-16(11-14)13-19-17-6-8-20(9-7-17)18(3,4)5/h10,14,16-17,19H,6-9,11-13H2,1-5H3. The Morgan fingerprint density at radius 1 is 1.25 bits per heavy atom. The third kappa shape index (κ3) is 4.60. The van der Waals surface area contributed by atoms with Gasteiger partial charge in [0.25, 0.3) is 0 Å². The minimum absolute atomic E-state index is 0.339. The highest BCUT2D eigenvalue weighted by Gasteiger charge is 2.27. The van der Waals surface area contributed by atoms with E-state index in [0.717, 1.165) is 17.9 Å². The highest BCUT2D eigenvalue weighted by molar-refractivity contribution is 5.06. The Kier molecular flexibility index (Phi) is 5.30. The number of likely N-dealkylation sites (tertiary alicyclic amines) is 1. The Morgan fingerprint density at radius 3 is 2.45 bits per heavy atom. The van der Waals surface area contributed by atoms with Gasteiger partial charge in [-0.2, -0.15) is 0 Å². The van der Waals surface area contributed by atoms with Crippen molar-refractivity contribution in [3.8, 4) is 0 Å². The molecule has 1 aliphatic heterocycles. The molecule has 0 aromatic rings. The molecule has 0 bridgehead atoms. The summed E-state index contributed by atoms with van der Waals surface area (Å²) in [5.41, 5.74) is 1.93. The maximum Gasteiger partial charge on any atom is 0.0125 e. The maximum atomic E-state index is 3.85. The fourth-order valence-corrected chi connectivity index (χ4v) is 3.93. The van der Waals surface area contributed by atoms with E-state index in [4.69, 9.17) is 0 Å². The lowest BCUT2D eigenvalue weighted by Crippen LogP contribution is -2.50. The van der Waals surface area contributed by atoms with E-state index in [1.807, 2.05) is 0 Å². The fourth-order valence-electron chi connectivity index (χ4n) is 3.93. The molecule has 1 aliphatic carbocycles. The summed E-state index contributed by atoms with van der Waals surface area (Å²) in [6.45, 7) is 15.4. The quantitative estimate of drug-likeness (QED) is 0.789. The first-order valence-electron chi connectivity index (χ1n) is 8.50. The highest BCUT2D eigenvalue weighted by atomic mass is 15.2. The molecule has 2 heteroatoms. The van der Waals surface area contributed by atoms with Crippen LogP contribution in [0.15, 0.2) is 11.6 Å². The Morgan fingerprint density at radius 2 is 1.90 bits per heavy atom. The van der Waals surface area contributed by atoms with Gasteiger partial charge < -0.3 is 5.32 Å². The van der Waals surface area contributed by atoms with E-state index < -0.39 is 0 Å². The molecule has 0 spiro atoms. The van der Waals surface area contributed by atoms with Crippen LogP contribution in [-0.4, -0.2) is 36.1 Å². The van der Waals surface area contributed by atoms with Crippen LogP contribution in [0.3, 0.4) is 0 Å². The van der Waals surface area contributed by atoms with Crippen molar-refractivity contribution in [1.29, 1.82) is 0 Å². The molecule has 1 saturated heterocycles. The van der Waals surface area contributed by atoms with Gasteiger partial charge in [-0.25, -0.2) is 0 Å². The summed E-state index contributed by atoms with van der Waals surface area (Å²) in [4.78, 5) is 2.63. The van der Waals surface area contributed by atoms with Crippen LogP contribution < -0.4 is 5.32 Å². The predicted octanol–water partition coefficient (Wildman–Crippen LogP) is 3.83. The van der Waals surface area contributed by atoms with Crippen molar-refractivity contribution >= 4 is 0 Å². The van der Waals surface area contributed by atoms with Crippen LogP contribution in [-0.2, 0) is 0 Å². The molecule has 2 unspecified atom stereocenters. The summed E-state index contributed by atoms with van der Waals surface area (Å²) in [5.74, 6) is 1.63. The summed E-state index contributed by atoms with van der Waals surface area (Å²) in [6, 6.07) is 0.745. The lowest BCUT2D eigenvalue weighted by atomic mass is 9.83. The summed E-state index contributed by atoms with van der Waals surface area (Å²) in [6.07, 6.45) is 7.75. The van der Waals surface area contributed by atoms with E-state index >= 15 is 0 Å². The van der Waals surface area contributed by atoms with Gasteiger partial charge in [0.15, 0.2) is 0 Å². The molecule has 0 aromatic heterocycles. The van der Waals surface area contributed by atoms with Crippen LogP contribution in [0.5, 0.6) is 0 Å². The number of rotatable bonds is 3. The van der Waals surface area contributed by atoms with Gasteiger partial charge in [0.05, 0.1) is 0 Å². The van der Waals surface area contributed by atoms with Crippen LogP contribution >= 0.6 is 0 Å². The van der Waals surface area contributed by atoms with Crippen LogP contribution in [0.4, 0.5) is 0 Å². The van der Waals surface area contributed by atoms with Crippen LogP contribution in [0, 0.1) is 11.8 Å². The molecule has 0 amide bonds. The van der Waals surface area contributed by atoms with Gasteiger partial charge in [-0.05, 0) is 71.8 Å². The van der Waals surface area contributed by atoms with Gasteiger partial charge in [-0.15, -0.1) is 0 Å². The Bertz CT molecular complexity index is 332. The molecular weight excluding hydrogens is 244 g/mol. The van der Waals surface area contributed by atoms with Gasteiger partial charge in [0.2, 0.25) is 0 Å². The van der Waals surface area contributed by atoms with Crippen molar-refractivity contribution in [3.05, 3.63) is 11.6 Å². The Labute approximate surface area is 126 Å². The molecule has 1 N–H and O–H groups in total. The monoisotopic (exact) mass is 278 g/mol. The smallest absolute Gasteiger partial charge is 0.0125 e. The van der Waals surface area contributed by atoms with Gasteiger partial charge in [-0.3, -0.25) is 4.90 Å². The zero-order valence-electron chi connectivity index (χ0n) is 14.2. The molecule has 2 atom stereocenters. The largest absolute Gasteiger partial charge is 0.314 e. The summed E-state index contributed by atoms with van der Waals surface area (Å²) in [7, 11) is 0. The molecule has 20 heavy (non-hydrogen) atoms. The van der Waals surface area contributed by atoms with Crippen LogP contribution in [0.1, 0.15) is 60.3 Å². The fraction of sp³-hybridized carbons (Fsp3) is 0.889. The van der Waals surface area contributed by atoms with Gasteiger partial charge in [-0.1, -0.05) is 18.6 Å². The second-order valence-electron chi connectivity index (χ2n) is 8.14. The summed E-state index contributed by atoms with van der Waals surface area (Å²) in [5, 5.41) is 3.85. The third-order valence-electron chi connectivity index (χ3n) is 5.02. The van der Waals surface area contributed by atoms with E-state index in [-0.39, 0.29) is 0 Å². The summed E-state index contributed by atoms with van der Waals surface area (Å²) < 4.78 is 0. The second-order valence-corrected chi connectivity index (χ2v) is 8.14. The van der Waals surface area contributed by atoms with Crippen molar-refractivity contribution in [1.82, 2.24) is 10.2 Å². The number of nitrogens with zero attached hydrogens (tertiary/aromatic N) is 1. The number of nitrogens with one attached hydrogen (secondary N) is 1.